The lowest BCUT2D eigenvalue weighted by atomic mass is 9.86. The molecule has 0 bridgehead atoms. The highest BCUT2D eigenvalue weighted by atomic mass is 16.3. The molecule has 2 unspecified atom stereocenters. The predicted octanol–water partition coefficient (Wildman–Crippen LogP) is 1.06. The number of carbonyl (C=O) groups is 1. The van der Waals surface area contributed by atoms with Crippen molar-refractivity contribution in [3.63, 3.8) is 0 Å². The summed E-state index contributed by atoms with van der Waals surface area (Å²) in [5, 5.41) is 17.9. The number of carbonyl (C=O) groups excluding carboxylic acids is 1. The van der Waals surface area contributed by atoms with Gasteiger partial charge in [0.1, 0.15) is 6.54 Å². The number of aliphatic hydroxyl groups is 1. The van der Waals surface area contributed by atoms with Gasteiger partial charge in [-0.1, -0.05) is 31.5 Å². The minimum atomic E-state index is -0.280. The number of nitrogens with one attached hydrogen (secondary N) is 1. The van der Waals surface area contributed by atoms with Crippen molar-refractivity contribution in [3.05, 3.63) is 40.8 Å². The monoisotopic (exact) mass is 315 g/mol. The lowest BCUT2D eigenvalue weighted by molar-refractivity contribution is -0.123. The summed E-state index contributed by atoms with van der Waals surface area (Å²) >= 11 is 0. The Kier molecular flexibility index (Phi) is 4.17. The van der Waals surface area contributed by atoms with Gasteiger partial charge in [0, 0.05) is 16.8 Å². The van der Waals surface area contributed by atoms with E-state index in [4.69, 9.17) is 0 Å². The molecular formula is C17H21N3O3. The van der Waals surface area contributed by atoms with Crippen molar-refractivity contribution in [2.75, 3.05) is 6.61 Å². The zero-order valence-corrected chi connectivity index (χ0v) is 13.2. The van der Waals surface area contributed by atoms with Crippen molar-refractivity contribution >= 4 is 16.7 Å². The first-order chi connectivity index (χ1) is 11.0. The summed E-state index contributed by atoms with van der Waals surface area (Å²) in [5.41, 5.74) is -0.549. The van der Waals surface area contributed by atoms with Crippen LogP contribution >= 0.6 is 0 Å². The molecule has 0 radical (unpaired) electrons. The zero-order chi connectivity index (χ0) is 16.4. The van der Waals surface area contributed by atoms with Gasteiger partial charge in [-0.15, -0.1) is 0 Å². The van der Waals surface area contributed by atoms with Gasteiger partial charge in [-0.05, 0) is 18.9 Å². The van der Waals surface area contributed by atoms with Gasteiger partial charge in [0.25, 0.3) is 5.56 Å². The Morgan fingerprint density at radius 1 is 1.48 bits per heavy atom. The van der Waals surface area contributed by atoms with Crippen molar-refractivity contribution in [3.8, 4) is 0 Å². The Morgan fingerprint density at radius 3 is 3.04 bits per heavy atom. The highest BCUT2D eigenvalue weighted by molar-refractivity contribution is 5.81. The van der Waals surface area contributed by atoms with Gasteiger partial charge in [0.2, 0.25) is 5.91 Å². The van der Waals surface area contributed by atoms with Crippen molar-refractivity contribution in [2.24, 2.45) is 5.41 Å². The van der Waals surface area contributed by atoms with Crippen molar-refractivity contribution < 1.29 is 9.90 Å². The molecule has 1 saturated carbocycles. The molecule has 6 heteroatoms. The number of aromatic nitrogens is 2. The Bertz CT molecular complexity index is 786. The van der Waals surface area contributed by atoms with Crippen molar-refractivity contribution in [2.45, 2.75) is 38.8 Å². The normalized spacial score (nSPS) is 24.0. The number of amides is 1. The van der Waals surface area contributed by atoms with Gasteiger partial charge in [-0.3, -0.25) is 9.59 Å². The van der Waals surface area contributed by atoms with Gasteiger partial charge in [-0.2, -0.15) is 5.10 Å². The van der Waals surface area contributed by atoms with E-state index in [2.05, 4.69) is 10.4 Å². The maximum Gasteiger partial charge on any atom is 0.275 e. The SMILES string of the molecule is CC1(CO)CCCC1NC(=O)Cn1ncc2ccccc2c1=O. The molecule has 0 spiro atoms. The molecule has 1 aliphatic rings. The average Bonchev–Trinajstić information content (AvgIpc) is 2.92. The summed E-state index contributed by atoms with van der Waals surface area (Å²) in [4.78, 5) is 24.6. The van der Waals surface area contributed by atoms with E-state index < -0.39 is 0 Å². The fraction of sp³-hybridized carbons (Fsp3) is 0.471. The van der Waals surface area contributed by atoms with Gasteiger partial charge in [-0.25, -0.2) is 4.68 Å². The molecular weight excluding hydrogens is 294 g/mol. The maximum absolute atomic E-state index is 12.4. The molecule has 2 atom stereocenters. The van der Waals surface area contributed by atoms with Gasteiger partial charge >= 0.3 is 0 Å². The lowest BCUT2D eigenvalue weighted by Crippen LogP contribution is -2.46. The van der Waals surface area contributed by atoms with Crippen LogP contribution in [-0.4, -0.2) is 33.4 Å². The number of benzene rings is 1. The third-order valence-corrected chi connectivity index (χ3v) is 4.83. The van der Waals surface area contributed by atoms with Crippen LogP contribution in [-0.2, 0) is 11.3 Å². The van der Waals surface area contributed by atoms with Crippen LogP contribution in [0, 0.1) is 5.41 Å². The second-order valence-corrected chi connectivity index (χ2v) is 6.52. The minimum Gasteiger partial charge on any atom is -0.396 e. The molecule has 1 aliphatic carbocycles. The van der Waals surface area contributed by atoms with Gasteiger partial charge in [0.15, 0.2) is 0 Å². The molecule has 1 aromatic carbocycles. The van der Waals surface area contributed by atoms with E-state index in [-0.39, 0.29) is 36.1 Å². The van der Waals surface area contributed by atoms with E-state index in [0.29, 0.717) is 5.39 Å². The molecule has 0 saturated heterocycles. The molecule has 1 heterocycles. The Balaban J connectivity index is 1.76. The summed E-state index contributed by atoms with van der Waals surface area (Å²) in [6.45, 7) is 1.92. The molecule has 1 aromatic heterocycles. The molecule has 2 aromatic rings. The van der Waals surface area contributed by atoms with E-state index in [0.717, 1.165) is 24.6 Å². The number of fused-ring (bicyclic) bond motifs is 1. The third kappa shape index (κ3) is 2.99. The van der Waals surface area contributed by atoms with Crippen molar-refractivity contribution in [1.82, 2.24) is 15.1 Å². The van der Waals surface area contributed by atoms with Crippen LogP contribution in [0.25, 0.3) is 10.8 Å². The molecule has 0 aliphatic heterocycles. The molecule has 1 fully saturated rings. The molecule has 6 nitrogen and oxygen atoms in total. The fourth-order valence-electron chi connectivity index (χ4n) is 3.28. The quantitative estimate of drug-likeness (QED) is 0.884. The van der Waals surface area contributed by atoms with Crippen LogP contribution in [0.5, 0.6) is 0 Å². The van der Waals surface area contributed by atoms with Crippen LogP contribution in [0.3, 0.4) is 0 Å². The van der Waals surface area contributed by atoms with Crippen LogP contribution in [0.1, 0.15) is 26.2 Å². The number of nitrogens with zero attached hydrogens (tertiary/aromatic N) is 2. The average molecular weight is 315 g/mol. The van der Waals surface area contributed by atoms with E-state index >= 15 is 0 Å². The lowest BCUT2D eigenvalue weighted by Gasteiger charge is -2.30. The Hall–Kier alpha value is -2.21. The number of rotatable bonds is 4. The standard InChI is InChI=1S/C17H21N3O3/c1-17(11-21)8-4-7-14(17)19-15(22)10-20-16(23)13-6-3-2-5-12(13)9-18-20/h2-3,5-6,9,14,21H,4,7-8,10-11H2,1H3,(H,19,22). The summed E-state index contributed by atoms with van der Waals surface area (Å²) in [5.74, 6) is -0.249. The summed E-state index contributed by atoms with van der Waals surface area (Å²) < 4.78 is 1.18. The largest absolute Gasteiger partial charge is 0.396 e. The fourth-order valence-corrected chi connectivity index (χ4v) is 3.28. The maximum atomic E-state index is 12.4. The summed E-state index contributed by atoms with van der Waals surface area (Å²) in [6.07, 6.45) is 4.32. The number of hydrogen-bond acceptors (Lipinski definition) is 4. The predicted molar refractivity (Wildman–Crippen MR) is 87.0 cm³/mol. The number of aliphatic hydroxyl groups excluding tert-OH is 1. The molecule has 1 amide bonds. The molecule has 3 rings (SSSR count). The minimum absolute atomic E-state index is 0.0477. The van der Waals surface area contributed by atoms with Crippen LogP contribution < -0.4 is 10.9 Å². The van der Waals surface area contributed by atoms with Crippen molar-refractivity contribution in [1.29, 1.82) is 0 Å². The second kappa shape index (κ2) is 6.12. The van der Waals surface area contributed by atoms with Crippen LogP contribution in [0.4, 0.5) is 0 Å². The Morgan fingerprint density at radius 2 is 2.26 bits per heavy atom. The molecule has 23 heavy (non-hydrogen) atoms. The second-order valence-electron chi connectivity index (χ2n) is 6.52. The zero-order valence-electron chi connectivity index (χ0n) is 13.2. The molecule has 2 N–H and O–H groups in total. The highest BCUT2D eigenvalue weighted by Crippen LogP contribution is 2.37. The van der Waals surface area contributed by atoms with Gasteiger partial charge in [0.05, 0.1) is 18.2 Å². The third-order valence-electron chi connectivity index (χ3n) is 4.83. The van der Waals surface area contributed by atoms with Crippen LogP contribution in [0.15, 0.2) is 35.3 Å². The first kappa shape index (κ1) is 15.7. The Labute approximate surface area is 134 Å². The van der Waals surface area contributed by atoms with E-state index in [1.54, 1.807) is 18.3 Å². The topological polar surface area (TPSA) is 84.2 Å². The van der Waals surface area contributed by atoms with E-state index in [1.165, 1.54) is 4.68 Å². The van der Waals surface area contributed by atoms with E-state index in [9.17, 15) is 14.7 Å². The smallest absolute Gasteiger partial charge is 0.275 e. The highest BCUT2D eigenvalue weighted by Gasteiger charge is 2.39. The first-order valence-electron chi connectivity index (χ1n) is 7.88. The first-order valence-corrected chi connectivity index (χ1v) is 7.88. The van der Waals surface area contributed by atoms with E-state index in [1.807, 2.05) is 19.1 Å². The summed E-state index contributed by atoms with van der Waals surface area (Å²) in [6, 6.07) is 7.12. The molecule has 122 valence electrons. The number of hydrogen-bond donors (Lipinski definition) is 2. The van der Waals surface area contributed by atoms with Crippen LogP contribution in [0.2, 0.25) is 0 Å². The summed E-state index contributed by atoms with van der Waals surface area (Å²) in [7, 11) is 0. The van der Waals surface area contributed by atoms with Gasteiger partial charge < -0.3 is 10.4 Å².